The Bertz CT molecular complexity index is 412. The Hall–Kier alpha value is -1.56. The molecule has 1 aliphatic carbocycles. The minimum Gasteiger partial charge on any atom is -0.0537 e. The van der Waals surface area contributed by atoms with Crippen LogP contribution in [0.1, 0.15) is 11.1 Å². The van der Waals surface area contributed by atoms with Crippen LogP contribution < -0.4 is 0 Å². The Kier molecular flexibility index (Phi) is 1.31. The second-order valence-corrected chi connectivity index (χ2v) is 3.17. The first-order chi connectivity index (χ1) is 6.45. The predicted molar refractivity (Wildman–Crippen MR) is 52.1 cm³/mol. The second kappa shape index (κ2) is 2.46. The van der Waals surface area contributed by atoms with Crippen LogP contribution in [0.5, 0.6) is 0 Å². The summed E-state index contributed by atoms with van der Waals surface area (Å²) in [7, 11) is 0. The van der Waals surface area contributed by atoms with Gasteiger partial charge < -0.3 is 0 Å². The summed E-state index contributed by atoms with van der Waals surface area (Å²) in [6, 6.07) is 18.3. The normalized spacial score (nSPS) is 12.3. The van der Waals surface area contributed by atoms with E-state index in [0.29, 0.717) is 0 Å². The van der Waals surface area contributed by atoms with Gasteiger partial charge in [0.1, 0.15) is 0 Å². The summed E-state index contributed by atoms with van der Waals surface area (Å²) in [5.74, 6) is 0. The van der Waals surface area contributed by atoms with Gasteiger partial charge in [-0.2, -0.15) is 0 Å². The van der Waals surface area contributed by atoms with Crippen molar-refractivity contribution in [3.63, 3.8) is 0 Å². The van der Waals surface area contributed by atoms with Crippen molar-refractivity contribution in [2.75, 3.05) is 0 Å². The lowest BCUT2D eigenvalue weighted by Crippen LogP contribution is -1.74. The highest BCUT2D eigenvalue weighted by Gasteiger charge is 2.16. The molecule has 0 atom stereocenters. The van der Waals surface area contributed by atoms with Gasteiger partial charge in [-0.1, -0.05) is 24.3 Å². The molecule has 0 aliphatic heterocycles. The van der Waals surface area contributed by atoms with Crippen LogP contribution >= 0.6 is 0 Å². The van der Waals surface area contributed by atoms with Crippen molar-refractivity contribution in [3.05, 3.63) is 66.1 Å². The second-order valence-electron chi connectivity index (χ2n) is 3.17. The van der Waals surface area contributed by atoms with E-state index >= 15 is 0 Å². The van der Waals surface area contributed by atoms with Gasteiger partial charge in [-0.05, 0) is 46.5 Å². The summed E-state index contributed by atoms with van der Waals surface area (Å²) in [6.07, 6.45) is 2.18. The Balaban J connectivity index is 2.32. The van der Waals surface area contributed by atoms with Crippen LogP contribution in [0.4, 0.5) is 0 Å². The molecule has 2 aromatic rings. The molecule has 3 rings (SSSR count). The first-order valence-corrected chi connectivity index (χ1v) is 4.30. The Morgan fingerprint density at radius 2 is 1.31 bits per heavy atom. The third-order valence-electron chi connectivity index (χ3n) is 2.39. The van der Waals surface area contributed by atoms with Gasteiger partial charge in [0.25, 0.3) is 0 Å². The van der Waals surface area contributed by atoms with Crippen molar-refractivity contribution in [3.8, 4) is 11.1 Å². The van der Waals surface area contributed by atoms with Gasteiger partial charge in [0.05, 0.1) is 0 Å². The molecule has 0 amide bonds. The molecule has 0 saturated carbocycles. The minimum absolute atomic E-state index is 1.26. The van der Waals surface area contributed by atoms with Gasteiger partial charge >= 0.3 is 0 Å². The van der Waals surface area contributed by atoms with Crippen molar-refractivity contribution < 1.29 is 0 Å². The molecule has 0 saturated heterocycles. The fourth-order valence-electron chi connectivity index (χ4n) is 1.78. The monoisotopic (exact) mass is 163 g/mol. The van der Waals surface area contributed by atoms with Gasteiger partial charge in [0.2, 0.25) is 0 Å². The first kappa shape index (κ1) is 6.90. The van der Waals surface area contributed by atoms with Gasteiger partial charge in [-0.3, -0.25) is 0 Å². The minimum atomic E-state index is 1.26. The summed E-state index contributed by atoms with van der Waals surface area (Å²) in [5, 5.41) is 0. The van der Waals surface area contributed by atoms with Crippen LogP contribution in [-0.2, 0) is 0 Å². The first-order valence-electron chi connectivity index (χ1n) is 4.30. The van der Waals surface area contributed by atoms with Crippen LogP contribution in [0.3, 0.4) is 0 Å². The number of hydrogen-bond acceptors (Lipinski definition) is 0. The molecule has 0 aromatic heterocycles. The third-order valence-corrected chi connectivity index (χ3v) is 2.39. The van der Waals surface area contributed by atoms with E-state index in [1.165, 1.54) is 22.3 Å². The summed E-state index contributed by atoms with van der Waals surface area (Å²) >= 11 is 0. The lowest BCUT2D eigenvalue weighted by Gasteiger charge is -1.97. The summed E-state index contributed by atoms with van der Waals surface area (Å²) in [6.45, 7) is 0. The largest absolute Gasteiger partial charge is 0.0537 e. The summed E-state index contributed by atoms with van der Waals surface area (Å²) in [5.41, 5.74) is 5.14. The van der Waals surface area contributed by atoms with Crippen LogP contribution in [0, 0.1) is 18.6 Å². The van der Waals surface area contributed by atoms with Gasteiger partial charge in [-0.25, -0.2) is 0 Å². The Morgan fingerprint density at radius 3 is 1.85 bits per heavy atom. The topological polar surface area (TPSA) is 0 Å². The molecule has 0 bridgehead atoms. The molecule has 59 valence electrons. The van der Waals surface area contributed by atoms with E-state index in [4.69, 9.17) is 0 Å². The maximum atomic E-state index is 3.09. The molecule has 0 spiro atoms. The fourth-order valence-corrected chi connectivity index (χ4v) is 1.78. The average Bonchev–Trinajstić information content (AvgIpc) is 2.56. The van der Waals surface area contributed by atoms with E-state index in [2.05, 4.69) is 30.7 Å². The summed E-state index contributed by atoms with van der Waals surface area (Å²) in [4.78, 5) is 0. The molecule has 0 heterocycles. The zero-order valence-electron chi connectivity index (χ0n) is 7.04. The zero-order chi connectivity index (χ0) is 8.67. The lowest BCUT2D eigenvalue weighted by molar-refractivity contribution is 1.54. The van der Waals surface area contributed by atoms with Crippen molar-refractivity contribution in [2.45, 2.75) is 0 Å². The maximum Gasteiger partial charge on any atom is 0.0212 e. The molecule has 0 nitrogen and oxygen atoms in total. The number of hydrogen-bond donors (Lipinski definition) is 0. The van der Waals surface area contributed by atoms with Crippen LogP contribution in [0.2, 0.25) is 0 Å². The van der Waals surface area contributed by atoms with E-state index in [1.54, 1.807) is 0 Å². The van der Waals surface area contributed by atoms with E-state index in [9.17, 15) is 0 Å². The lowest BCUT2D eigenvalue weighted by atomic mass is 10.1. The van der Waals surface area contributed by atoms with Crippen LogP contribution in [-0.4, -0.2) is 0 Å². The zero-order valence-corrected chi connectivity index (χ0v) is 7.04. The van der Waals surface area contributed by atoms with Gasteiger partial charge in [-0.15, -0.1) is 0 Å². The van der Waals surface area contributed by atoms with E-state index in [0.717, 1.165) is 0 Å². The number of rotatable bonds is 0. The fraction of sp³-hybridized carbons (Fsp3) is 0. The van der Waals surface area contributed by atoms with E-state index in [-0.39, 0.29) is 0 Å². The molecule has 3 radical (unpaired) electrons. The SMILES string of the molecule is [c]1ccc2c(c1)[CH]c1c[c]ccc1-2. The molecular weight excluding hydrogens is 156 g/mol. The number of fused-ring (bicyclic) bond motifs is 3. The van der Waals surface area contributed by atoms with E-state index in [1.807, 2.05) is 24.3 Å². The molecule has 13 heavy (non-hydrogen) atoms. The average molecular weight is 163 g/mol. The van der Waals surface area contributed by atoms with Crippen LogP contribution in [0.15, 0.2) is 36.4 Å². The van der Waals surface area contributed by atoms with E-state index < -0.39 is 0 Å². The smallest absolute Gasteiger partial charge is 0.0212 e. The number of benzene rings is 2. The Morgan fingerprint density at radius 1 is 0.769 bits per heavy atom. The molecule has 0 heteroatoms. The molecular formula is C13H7. The van der Waals surface area contributed by atoms with Crippen molar-refractivity contribution >= 4 is 0 Å². The standard InChI is InChI=1S/C13H7/c1-3-7-12-10(5-1)9-11-6-2-4-8-13(11)12/h3-9H. The molecule has 0 N–H and O–H groups in total. The predicted octanol–water partition coefficient (Wildman–Crippen LogP) is 2.87. The highest BCUT2D eigenvalue weighted by molar-refractivity contribution is 5.80. The maximum absolute atomic E-state index is 3.09. The van der Waals surface area contributed by atoms with Gasteiger partial charge in [0, 0.05) is 6.42 Å². The Labute approximate surface area is 77.8 Å². The van der Waals surface area contributed by atoms with Gasteiger partial charge in [0.15, 0.2) is 0 Å². The van der Waals surface area contributed by atoms with Crippen molar-refractivity contribution in [1.29, 1.82) is 0 Å². The molecule has 2 aromatic carbocycles. The highest BCUT2D eigenvalue weighted by atomic mass is 14.2. The van der Waals surface area contributed by atoms with Crippen LogP contribution in [0.25, 0.3) is 11.1 Å². The third kappa shape index (κ3) is 0.919. The van der Waals surface area contributed by atoms with Crippen molar-refractivity contribution in [2.24, 2.45) is 0 Å². The molecule has 1 aliphatic rings. The molecule has 0 fully saturated rings. The summed E-state index contributed by atoms with van der Waals surface area (Å²) < 4.78 is 0. The highest BCUT2D eigenvalue weighted by Crippen LogP contribution is 2.36. The molecule has 0 unspecified atom stereocenters. The quantitative estimate of drug-likeness (QED) is 0.478. The van der Waals surface area contributed by atoms with Crippen molar-refractivity contribution in [1.82, 2.24) is 0 Å².